The summed E-state index contributed by atoms with van der Waals surface area (Å²) in [5, 5.41) is 0. The molecule has 0 aliphatic carbocycles. The van der Waals surface area contributed by atoms with Gasteiger partial charge < -0.3 is 14.2 Å². The summed E-state index contributed by atoms with van der Waals surface area (Å²) >= 11 is 0. The van der Waals surface area contributed by atoms with Crippen LogP contribution in [0.25, 0.3) is 0 Å². The van der Waals surface area contributed by atoms with Crippen LogP contribution in [0.1, 0.15) is 50.7 Å². The van der Waals surface area contributed by atoms with Gasteiger partial charge in [-0.25, -0.2) is 0 Å². The van der Waals surface area contributed by atoms with E-state index in [1.807, 2.05) is 0 Å². The molecule has 0 N–H and O–H groups in total. The molecule has 2 rings (SSSR count). The van der Waals surface area contributed by atoms with Crippen LogP contribution >= 0.6 is 0 Å². The Hall–Kier alpha value is -1.38. The standard InChI is InChI=1S/C14H20O3/c1-8(2)10-6-11(15-5)13-14(17-7-16-13)12(10)9(3)4/h6,8-9H,7H2,1-5H3. The summed E-state index contributed by atoms with van der Waals surface area (Å²) < 4.78 is 16.5. The molecule has 0 saturated heterocycles. The van der Waals surface area contributed by atoms with Crippen molar-refractivity contribution in [3.63, 3.8) is 0 Å². The molecule has 0 aromatic heterocycles. The number of hydrogen-bond donors (Lipinski definition) is 0. The molecule has 1 aromatic rings. The maximum absolute atomic E-state index is 5.62. The molecular weight excluding hydrogens is 216 g/mol. The lowest BCUT2D eigenvalue weighted by Crippen LogP contribution is -2.02. The first-order valence-corrected chi connectivity index (χ1v) is 6.06. The number of rotatable bonds is 3. The van der Waals surface area contributed by atoms with Crippen LogP contribution in [-0.2, 0) is 0 Å². The highest BCUT2D eigenvalue weighted by molar-refractivity contribution is 5.61. The molecule has 3 heteroatoms. The van der Waals surface area contributed by atoms with Gasteiger partial charge in [-0.3, -0.25) is 0 Å². The Kier molecular flexibility index (Phi) is 3.18. The summed E-state index contributed by atoms with van der Waals surface area (Å²) in [6, 6.07) is 2.08. The minimum atomic E-state index is 0.285. The van der Waals surface area contributed by atoms with E-state index in [2.05, 4.69) is 33.8 Å². The van der Waals surface area contributed by atoms with E-state index in [1.54, 1.807) is 7.11 Å². The van der Waals surface area contributed by atoms with E-state index in [9.17, 15) is 0 Å². The average Bonchev–Trinajstić information content (AvgIpc) is 2.74. The van der Waals surface area contributed by atoms with Gasteiger partial charge in [-0.1, -0.05) is 27.7 Å². The van der Waals surface area contributed by atoms with E-state index in [-0.39, 0.29) is 6.79 Å². The van der Waals surface area contributed by atoms with Crippen LogP contribution in [0, 0.1) is 0 Å². The summed E-state index contributed by atoms with van der Waals surface area (Å²) in [5.74, 6) is 3.24. The van der Waals surface area contributed by atoms with Gasteiger partial charge >= 0.3 is 0 Å². The fourth-order valence-electron chi connectivity index (χ4n) is 2.30. The van der Waals surface area contributed by atoms with Crippen molar-refractivity contribution in [1.29, 1.82) is 0 Å². The maximum Gasteiger partial charge on any atom is 0.231 e. The molecule has 1 aliphatic heterocycles. The van der Waals surface area contributed by atoms with Crippen LogP contribution in [0.15, 0.2) is 6.07 Å². The van der Waals surface area contributed by atoms with E-state index < -0.39 is 0 Å². The third-order valence-electron chi connectivity index (χ3n) is 3.10. The highest BCUT2D eigenvalue weighted by atomic mass is 16.7. The summed E-state index contributed by atoms with van der Waals surface area (Å²) in [4.78, 5) is 0. The molecule has 0 fully saturated rings. The molecule has 0 atom stereocenters. The highest BCUT2D eigenvalue weighted by Gasteiger charge is 2.28. The molecule has 1 aliphatic rings. The van der Waals surface area contributed by atoms with Gasteiger partial charge in [0.2, 0.25) is 12.5 Å². The Balaban J connectivity index is 2.67. The van der Waals surface area contributed by atoms with Gasteiger partial charge in [-0.05, 0) is 23.5 Å². The molecule has 0 amide bonds. The van der Waals surface area contributed by atoms with Gasteiger partial charge in [0.15, 0.2) is 11.5 Å². The molecule has 0 bridgehead atoms. The Morgan fingerprint density at radius 3 is 2.24 bits per heavy atom. The van der Waals surface area contributed by atoms with Crippen molar-refractivity contribution in [2.45, 2.75) is 39.5 Å². The second kappa shape index (κ2) is 4.47. The Labute approximate surface area is 103 Å². The Morgan fingerprint density at radius 1 is 1.06 bits per heavy atom. The highest BCUT2D eigenvalue weighted by Crippen LogP contribution is 2.49. The lowest BCUT2D eigenvalue weighted by molar-refractivity contribution is 0.170. The summed E-state index contributed by atoms with van der Waals surface area (Å²) in [6.07, 6.45) is 0. The number of benzene rings is 1. The number of fused-ring (bicyclic) bond motifs is 1. The summed E-state index contributed by atoms with van der Waals surface area (Å²) in [6.45, 7) is 9.00. The van der Waals surface area contributed by atoms with E-state index >= 15 is 0 Å². The fourth-order valence-corrected chi connectivity index (χ4v) is 2.30. The van der Waals surface area contributed by atoms with Gasteiger partial charge in [-0.2, -0.15) is 0 Å². The lowest BCUT2D eigenvalue weighted by atomic mass is 9.89. The van der Waals surface area contributed by atoms with Crippen LogP contribution in [-0.4, -0.2) is 13.9 Å². The molecule has 1 heterocycles. The molecule has 0 unspecified atom stereocenters. The van der Waals surface area contributed by atoms with E-state index in [1.165, 1.54) is 11.1 Å². The molecule has 3 nitrogen and oxygen atoms in total. The second-order valence-electron chi connectivity index (χ2n) is 4.96. The van der Waals surface area contributed by atoms with Crippen LogP contribution in [0.4, 0.5) is 0 Å². The minimum absolute atomic E-state index is 0.285. The first-order valence-electron chi connectivity index (χ1n) is 6.06. The predicted octanol–water partition coefficient (Wildman–Crippen LogP) is 3.67. The molecule has 94 valence electrons. The topological polar surface area (TPSA) is 27.7 Å². The zero-order valence-corrected chi connectivity index (χ0v) is 11.2. The SMILES string of the molecule is COc1cc(C(C)C)c(C(C)C)c2c1OCO2. The zero-order valence-electron chi connectivity index (χ0n) is 11.2. The third-order valence-corrected chi connectivity index (χ3v) is 3.10. The quantitative estimate of drug-likeness (QED) is 0.801. The van der Waals surface area contributed by atoms with Crippen molar-refractivity contribution in [2.75, 3.05) is 13.9 Å². The van der Waals surface area contributed by atoms with Crippen LogP contribution in [0.5, 0.6) is 17.2 Å². The molecule has 0 radical (unpaired) electrons. The van der Waals surface area contributed by atoms with Crippen molar-refractivity contribution in [3.8, 4) is 17.2 Å². The van der Waals surface area contributed by atoms with E-state index in [4.69, 9.17) is 14.2 Å². The van der Waals surface area contributed by atoms with Gasteiger partial charge in [-0.15, -0.1) is 0 Å². The molecule has 0 saturated carbocycles. The first-order chi connectivity index (χ1) is 8.06. The van der Waals surface area contributed by atoms with Crippen LogP contribution in [0.2, 0.25) is 0 Å². The van der Waals surface area contributed by atoms with Gasteiger partial charge in [0.05, 0.1) is 7.11 Å². The van der Waals surface area contributed by atoms with Gasteiger partial charge in [0.25, 0.3) is 0 Å². The number of hydrogen-bond acceptors (Lipinski definition) is 3. The summed E-state index contributed by atoms with van der Waals surface area (Å²) in [7, 11) is 1.66. The average molecular weight is 236 g/mol. The Morgan fingerprint density at radius 2 is 1.71 bits per heavy atom. The van der Waals surface area contributed by atoms with Crippen LogP contribution < -0.4 is 14.2 Å². The van der Waals surface area contributed by atoms with Gasteiger partial charge in [0, 0.05) is 5.56 Å². The van der Waals surface area contributed by atoms with Crippen molar-refractivity contribution in [3.05, 3.63) is 17.2 Å². The Bertz CT molecular complexity index is 422. The smallest absolute Gasteiger partial charge is 0.231 e. The molecular formula is C14H20O3. The predicted molar refractivity (Wildman–Crippen MR) is 67.3 cm³/mol. The fraction of sp³-hybridized carbons (Fsp3) is 0.571. The van der Waals surface area contributed by atoms with Gasteiger partial charge in [0.1, 0.15) is 0 Å². The van der Waals surface area contributed by atoms with E-state index in [0.717, 1.165) is 17.2 Å². The molecule has 0 spiro atoms. The second-order valence-corrected chi connectivity index (χ2v) is 4.96. The third kappa shape index (κ3) is 1.94. The lowest BCUT2D eigenvalue weighted by Gasteiger charge is -2.19. The molecule has 1 aromatic carbocycles. The number of methoxy groups -OCH3 is 1. The number of ether oxygens (including phenoxy) is 3. The van der Waals surface area contributed by atoms with Crippen molar-refractivity contribution in [1.82, 2.24) is 0 Å². The zero-order chi connectivity index (χ0) is 12.6. The largest absolute Gasteiger partial charge is 0.493 e. The summed E-state index contributed by atoms with van der Waals surface area (Å²) in [5.41, 5.74) is 2.52. The normalized spacial score (nSPS) is 13.6. The van der Waals surface area contributed by atoms with Crippen molar-refractivity contribution < 1.29 is 14.2 Å². The first kappa shape index (κ1) is 12.1. The van der Waals surface area contributed by atoms with Crippen molar-refractivity contribution >= 4 is 0 Å². The maximum atomic E-state index is 5.62. The van der Waals surface area contributed by atoms with Crippen LogP contribution in [0.3, 0.4) is 0 Å². The molecule has 17 heavy (non-hydrogen) atoms. The monoisotopic (exact) mass is 236 g/mol. The minimum Gasteiger partial charge on any atom is -0.493 e. The van der Waals surface area contributed by atoms with E-state index in [0.29, 0.717) is 11.8 Å². The van der Waals surface area contributed by atoms with Crippen molar-refractivity contribution in [2.24, 2.45) is 0 Å².